The molecule has 182 valence electrons. The molecule has 1 saturated carbocycles. The molecule has 2 aliphatic heterocycles. The van der Waals surface area contributed by atoms with Crippen LogP contribution in [0.25, 0.3) is 0 Å². The van der Waals surface area contributed by atoms with Crippen LogP contribution >= 0.6 is 0 Å². The van der Waals surface area contributed by atoms with Crippen LogP contribution in [-0.4, -0.2) is 135 Å². The maximum atomic E-state index is 10.6. The van der Waals surface area contributed by atoms with E-state index in [9.17, 15) is 35.7 Å². The molecule has 0 aromatic heterocycles. The van der Waals surface area contributed by atoms with Crippen molar-refractivity contribution < 1.29 is 54.7 Å². The highest BCUT2D eigenvalue weighted by molar-refractivity contribution is 5.01. The third kappa shape index (κ3) is 5.02. The molecule has 0 spiro atoms. The number of aliphatic hydroxyl groups is 7. The number of ether oxygens (including phenoxy) is 4. The Bertz CT molecular complexity index is 590. The molecule has 0 unspecified atom stereocenters. The zero-order chi connectivity index (χ0) is 23.0. The molecule has 13 N–H and O–H groups in total. The molecule has 0 radical (unpaired) electrons. The molecule has 3 rings (SSSR count). The van der Waals surface area contributed by atoms with Crippen molar-refractivity contribution in [1.82, 2.24) is 0 Å². The summed E-state index contributed by atoms with van der Waals surface area (Å²) in [6.07, 6.45) is -14.9. The van der Waals surface area contributed by atoms with Crippen LogP contribution in [0.5, 0.6) is 0 Å². The van der Waals surface area contributed by atoms with Crippen LogP contribution in [0.15, 0.2) is 0 Å². The normalized spacial score (nSPS) is 54.0. The molecular weight excluding hydrogens is 422 g/mol. The van der Waals surface area contributed by atoms with E-state index in [2.05, 4.69) is 0 Å². The maximum absolute atomic E-state index is 10.6. The molecule has 0 bridgehead atoms. The second kappa shape index (κ2) is 10.1. The molecule has 3 fully saturated rings. The van der Waals surface area contributed by atoms with E-state index >= 15 is 0 Å². The van der Waals surface area contributed by atoms with Crippen LogP contribution in [0.1, 0.15) is 6.42 Å². The van der Waals surface area contributed by atoms with Crippen LogP contribution in [0.2, 0.25) is 0 Å². The molecule has 0 aromatic carbocycles. The Balaban J connectivity index is 1.77. The molecule has 1 aliphatic carbocycles. The highest BCUT2D eigenvalue weighted by Crippen LogP contribution is 2.30. The average molecular weight is 455 g/mol. The number of aliphatic hydroxyl groups excluding tert-OH is 7. The maximum Gasteiger partial charge on any atom is 0.186 e. The molecular formula is C17H33N3O11. The first-order valence-electron chi connectivity index (χ1n) is 10.1. The van der Waals surface area contributed by atoms with Crippen molar-refractivity contribution >= 4 is 0 Å². The van der Waals surface area contributed by atoms with Gasteiger partial charge in [-0.05, 0) is 6.42 Å². The molecule has 31 heavy (non-hydrogen) atoms. The van der Waals surface area contributed by atoms with E-state index < -0.39 is 92.2 Å². The van der Waals surface area contributed by atoms with Gasteiger partial charge >= 0.3 is 0 Å². The summed E-state index contributed by atoms with van der Waals surface area (Å²) in [5.74, 6) is 0. The van der Waals surface area contributed by atoms with Crippen LogP contribution < -0.4 is 17.2 Å². The van der Waals surface area contributed by atoms with Gasteiger partial charge in [-0.1, -0.05) is 0 Å². The topological polar surface area (TPSA) is 257 Å². The van der Waals surface area contributed by atoms with E-state index in [4.69, 9.17) is 36.1 Å². The number of nitrogens with two attached hydrogens (primary N) is 3. The molecule has 2 heterocycles. The molecule has 3 aliphatic rings. The van der Waals surface area contributed by atoms with Crippen molar-refractivity contribution in [3.8, 4) is 0 Å². The summed E-state index contributed by atoms with van der Waals surface area (Å²) < 4.78 is 22.2. The molecule has 14 nitrogen and oxygen atoms in total. The second-order valence-corrected chi connectivity index (χ2v) is 8.29. The summed E-state index contributed by atoms with van der Waals surface area (Å²) in [6.45, 7) is -0.939. The van der Waals surface area contributed by atoms with Gasteiger partial charge in [0.15, 0.2) is 12.6 Å². The highest BCUT2D eigenvalue weighted by atomic mass is 16.7. The summed E-state index contributed by atoms with van der Waals surface area (Å²) in [5, 5.41) is 69.7. The highest BCUT2D eigenvalue weighted by Gasteiger charge is 2.51. The Hall–Kier alpha value is -0.560. The zero-order valence-corrected chi connectivity index (χ0v) is 16.7. The third-order valence-corrected chi connectivity index (χ3v) is 6.03. The van der Waals surface area contributed by atoms with Crippen molar-refractivity contribution in [3.05, 3.63) is 0 Å². The largest absolute Gasteiger partial charge is 0.394 e. The van der Waals surface area contributed by atoms with E-state index in [-0.39, 0.29) is 13.0 Å². The first kappa shape index (κ1) is 25.1. The first-order valence-corrected chi connectivity index (χ1v) is 10.1. The predicted octanol–water partition coefficient (Wildman–Crippen LogP) is -6.62. The summed E-state index contributed by atoms with van der Waals surface area (Å²) in [6, 6.07) is -2.83. The Morgan fingerprint density at radius 3 is 2.03 bits per heavy atom. The van der Waals surface area contributed by atoms with Crippen LogP contribution in [-0.2, 0) is 18.9 Å². The van der Waals surface area contributed by atoms with Crippen molar-refractivity contribution in [1.29, 1.82) is 0 Å². The number of rotatable bonds is 5. The summed E-state index contributed by atoms with van der Waals surface area (Å²) in [4.78, 5) is 0. The number of hydrogen-bond donors (Lipinski definition) is 10. The minimum atomic E-state index is -1.63. The van der Waals surface area contributed by atoms with Gasteiger partial charge in [-0.3, -0.25) is 0 Å². The van der Waals surface area contributed by atoms with Gasteiger partial charge in [0, 0.05) is 12.1 Å². The second-order valence-electron chi connectivity index (χ2n) is 8.29. The van der Waals surface area contributed by atoms with Gasteiger partial charge in [0.2, 0.25) is 0 Å². The monoisotopic (exact) mass is 455 g/mol. The standard InChI is InChI=1S/C17H33N3O11/c18-4-1-5(19)14(30-16-8(20)12(26)11(25)7(2-21)29-16)15(9(4)23)31-17-13(27)10(24)6(22)3-28-17/h4-17,21-27H,1-3,18-20H2/t4-,5+,6-,7-,8-,9+,10+,11-,12-,13-,14-,15-,16-,17-/m1/s1. The lowest BCUT2D eigenvalue weighted by Crippen LogP contribution is -2.68. The Labute approximate surface area is 178 Å². The van der Waals surface area contributed by atoms with E-state index in [1.165, 1.54) is 0 Å². The lowest BCUT2D eigenvalue weighted by molar-refractivity contribution is -0.329. The lowest BCUT2D eigenvalue weighted by atomic mass is 9.84. The van der Waals surface area contributed by atoms with E-state index in [0.29, 0.717) is 0 Å². The Kier molecular flexibility index (Phi) is 8.21. The molecule has 2 saturated heterocycles. The van der Waals surface area contributed by atoms with Crippen molar-refractivity contribution in [2.24, 2.45) is 17.2 Å². The van der Waals surface area contributed by atoms with Crippen molar-refractivity contribution in [3.63, 3.8) is 0 Å². The molecule has 14 heteroatoms. The molecule has 0 amide bonds. The van der Waals surface area contributed by atoms with Gasteiger partial charge in [-0.15, -0.1) is 0 Å². The fourth-order valence-corrected chi connectivity index (χ4v) is 4.04. The summed E-state index contributed by atoms with van der Waals surface area (Å²) in [7, 11) is 0. The minimum Gasteiger partial charge on any atom is -0.394 e. The van der Waals surface area contributed by atoms with Gasteiger partial charge < -0.3 is 71.9 Å². The van der Waals surface area contributed by atoms with E-state index in [0.717, 1.165) is 0 Å². The SMILES string of the molecule is N[C@H]1[C@@H](O[C@H]2[C@H](O[C@H]3OC[C@@H](O)[C@H](O)[C@H]3O)[C@@H](O)[C@H](N)C[C@@H]2N)O[C@H](CO)[C@@H](O)[C@@H]1O. The van der Waals surface area contributed by atoms with E-state index in [1.54, 1.807) is 0 Å². The predicted molar refractivity (Wildman–Crippen MR) is 99.8 cm³/mol. The Morgan fingerprint density at radius 2 is 1.39 bits per heavy atom. The van der Waals surface area contributed by atoms with Crippen LogP contribution in [0, 0.1) is 0 Å². The van der Waals surface area contributed by atoms with Crippen molar-refractivity contribution in [2.45, 2.75) is 92.1 Å². The third-order valence-electron chi connectivity index (χ3n) is 6.03. The smallest absolute Gasteiger partial charge is 0.186 e. The Morgan fingerprint density at radius 1 is 0.742 bits per heavy atom. The van der Waals surface area contributed by atoms with Gasteiger partial charge in [-0.2, -0.15) is 0 Å². The molecule has 0 aromatic rings. The van der Waals surface area contributed by atoms with E-state index in [1.807, 2.05) is 0 Å². The van der Waals surface area contributed by atoms with Gasteiger partial charge in [0.1, 0.15) is 48.8 Å². The minimum absolute atomic E-state index is 0.123. The summed E-state index contributed by atoms with van der Waals surface area (Å²) in [5.41, 5.74) is 18.0. The summed E-state index contributed by atoms with van der Waals surface area (Å²) >= 11 is 0. The quantitative estimate of drug-likeness (QED) is 0.185. The molecule has 14 atom stereocenters. The fourth-order valence-electron chi connectivity index (χ4n) is 4.04. The first-order chi connectivity index (χ1) is 14.6. The van der Waals surface area contributed by atoms with Gasteiger partial charge in [-0.25, -0.2) is 0 Å². The average Bonchev–Trinajstić information content (AvgIpc) is 2.74. The lowest BCUT2D eigenvalue weighted by Gasteiger charge is -2.48. The van der Waals surface area contributed by atoms with Crippen molar-refractivity contribution in [2.75, 3.05) is 13.2 Å². The van der Waals surface area contributed by atoms with Gasteiger partial charge in [0.25, 0.3) is 0 Å². The van der Waals surface area contributed by atoms with Gasteiger partial charge in [0.05, 0.1) is 25.4 Å². The fraction of sp³-hybridized carbons (Fsp3) is 1.00. The number of hydrogen-bond acceptors (Lipinski definition) is 14. The van der Waals surface area contributed by atoms with Crippen LogP contribution in [0.3, 0.4) is 0 Å². The van der Waals surface area contributed by atoms with Crippen LogP contribution in [0.4, 0.5) is 0 Å². The zero-order valence-electron chi connectivity index (χ0n) is 16.7.